The zero-order chi connectivity index (χ0) is 12.6. The summed E-state index contributed by atoms with van der Waals surface area (Å²) in [6, 6.07) is 0. The van der Waals surface area contributed by atoms with Crippen LogP contribution in [0.5, 0.6) is 0 Å². The van der Waals surface area contributed by atoms with Gasteiger partial charge >= 0.3 is 0 Å². The number of methoxy groups -OCH3 is 1. The Morgan fingerprint density at radius 3 is 1.83 bits per heavy atom. The van der Waals surface area contributed by atoms with Crippen LogP contribution in [0.25, 0.3) is 0 Å². The molecule has 2 saturated carbocycles. The van der Waals surface area contributed by atoms with Crippen molar-refractivity contribution in [1.82, 2.24) is 0 Å². The molecule has 0 heterocycles. The molecule has 0 aliphatic heterocycles. The summed E-state index contributed by atoms with van der Waals surface area (Å²) in [4.78, 5) is 0. The van der Waals surface area contributed by atoms with Gasteiger partial charge in [0.2, 0.25) is 0 Å². The van der Waals surface area contributed by atoms with Crippen LogP contribution in [0, 0.1) is 11.8 Å². The van der Waals surface area contributed by atoms with Crippen molar-refractivity contribution in [2.45, 2.75) is 89.6 Å². The van der Waals surface area contributed by atoms with Gasteiger partial charge in [0.05, 0.1) is 6.10 Å². The van der Waals surface area contributed by atoms with Gasteiger partial charge in [-0.1, -0.05) is 57.8 Å². The molecule has 0 saturated heterocycles. The molecule has 2 aliphatic carbocycles. The molecule has 0 radical (unpaired) electrons. The summed E-state index contributed by atoms with van der Waals surface area (Å²) in [5.74, 6) is 2.10. The highest BCUT2D eigenvalue weighted by Gasteiger charge is 2.20. The fourth-order valence-corrected chi connectivity index (χ4v) is 4.00. The number of unbranched alkanes of at least 4 members (excludes halogenated alkanes) is 1. The van der Waals surface area contributed by atoms with Gasteiger partial charge in [-0.25, -0.2) is 0 Å². The molecular weight excluding hydrogens is 220 g/mol. The molecule has 0 aromatic rings. The summed E-state index contributed by atoms with van der Waals surface area (Å²) >= 11 is 0. The molecule has 0 amide bonds. The second kappa shape index (κ2) is 8.19. The predicted octanol–water partition coefficient (Wildman–Crippen LogP) is 5.33. The average Bonchev–Trinajstić information content (AvgIpc) is 2.45. The van der Waals surface area contributed by atoms with Crippen LogP contribution in [0.3, 0.4) is 0 Å². The van der Waals surface area contributed by atoms with E-state index in [0.29, 0.717) is 6.10 Å². The van der Waals surface area contributed by atoms with Gasteiger partial charge in [0, 0.05) is 7.11 Å². The largest absolute Gasteiger partial charge is 0.381 e. The number of hydrogen-bond acceptors (Lipinski definition) is 1. The maximum absolute atomic E-state index is 5.44. The van der Waals surface area contributed by atoms with Crippen LogP contribution in [0.2, 0.25) is 0 Å². The molecule has 0 unspecified atom stereocenters. The SMILES string of the molecule is COC1CCC(CCCCC2CCCCC2)CC1. The first-order valence-electron chi connectivity index (χ1n) is 8.41. The second-order valence-electron chi connectivity index (χ2n) is 6.67. The minimum absolute atomic E-state index is 0.573. The van der Waals surface area contributed by atoms with E-state index in [1.54, 1.807) is 0 Å². The van der Waals surface area contributed by atoms with Crippen LogP contribution in [-0.2, 0) is 4.74 Å². The van der Waals surface area contributed by atoms with Crippen LogP contribution >= 0.6 is 0 Å². The van der Waals surface area contributed by atoms with Crippen molar-refractivity contribution in [3.8, 4) is 0 Å². The summed E-state index contributed by atoms with van der Waals surface area (Å²) in [6.45, 7) is 0. The topological polar surface area (TPSA) is 9.23 Å². The Kier molecular flexibility index (Phi) is 6.54. The minimum Gasteiger partial charge on any atom is -0.381 e. The third-order valence-electron chi connectivity index (χ3n) is 5.33. The monoisotopic (exact) mass is 252 g/mol. The van der Waals surface area contributed by atoms with Crippen LogP contribution in [-0.4, -0.2) is 13.2 Å². The van der Waals surface area contributed by atoms with Crippen LogP contribution in [0.4, 0.5) is 0 Å². The normalized spacial score (nSPS) is 30.5. The average molecular weight is 252 g/mol. The van der Waals surface area contributed by atoms with E-state index in [1.807, 2.05) is 7.11 Å². The molecule has 106 valence electrons. The molecule has 0 spiro atoms. The Balaban J connectivity index is 1.48. The van der Waals surface area contributed by atoms with Crippen molar-refractivity contribution in [3.05, 3.63) is 0 Å². The molecule has 2 fully saturated rings. The summed E-state index contributed by atoms with van der Waals surface area (Å²) < 4.78 is 5.44. The van der Waals surface area contributed by atoms with Gasteiger partial charge in [-0.3, -0.25) is 0 Å². The molecule has 1 heteroatoms. The van der Waals surface area contributed by atoms with Crippen molar-refractivity contribution < 1.29 is 4.74 Å². The van der Waals surface area contributed by atoms with Crippen molar-refractivity contribution >= 4 is 0 Å². The maximum atomic E-state index is 5.44. The number of ether oxygens (including phenoxy) is 1. The van der Waals surface area contributed by atoms with E-state index < -0.39 is 0 Å². The van der Waals surface area contributed by atoms with E-state index in [2.05, 4.69) is 0 Å². The summed E-state index contributed by atoms with van der Waals surface area (Å²) in [5, 5.41) is 0. The number of hydrogen-bond donors (Lipinski definition) is 0. The van der Waals surface area contributed by atoms with Crippen molar-refractivity contribution in [2.24, 2.45) is 11.8 Å². The first-order chi connectivity index (χ1) is 8.88. The lowest BCUT2D eigenvalue weighted by Crippen LogP contribution is -2.20. The van der Waals surface area contributed by atoms with Gasteiger partial charge in [-0.15, -0.1) is 0 Å². The zero-order valence-electron chi connectivity index (χ0n) is 12.3. The van der Waals surface area contributed by atoms with Crippen molar-refractivity contribution in [3.63, 3.8) is 0 Å². The van der Waals surface area contributed by atoms with Crippen molar-refractivity contribution in [1.29, 1.82) is 0 Å². The molecule has 0 atom stereocenters. The molecule has 0 N–H and O–H groups in total. The van der Waals surface area contributed by atoms with E-state index in [1.165, 1.54) is 83.5 Å². The van der Waals surface area contributed by atoms with Crippen molar-refractivity contribution in [2.75, 3.05) is 7.11 Å². The van der Waals surface area contributed by atoms with Gasteiger partial charge in [-0.05, 0) is 37.5 Å². The van der Waals surface area contributed by atoms with E-state index >= 15 is 0 Å². The fourth-order valence-electron chi connectivity index (χ4n) is 4.00. The van der Waals surface area contributed by atoms with E-state index in [4.69, 9.17) is 4.74 Å². The molecule has 0 bridgehead atoms. The van der Waals surface area contributed by atoms with Gasteiger partial charge in [0.1, 0.15) is 0 Å². The third-order valence-corrected chi connectivity index (χ3v) is 5.33. The van der Waals surface area contributed by atoms with Crippen LogP contribution in [0.1, 0.15) is 83.5 Å². The number of rotatable bonds is 6. The predicted molar refractivity (Wildman–Crippen MR) is 77.8 cm³/mol. The smallest absolute Gasteiger partial charge is 0.0571 e. The second-order valence-corrected chi connectivity index (χ2v) is 6.67. The van der Waals surface area contributed by atoms with E-state index in [0.717, 1.165) is 11.8 Å². The summed E-state index contributed by atoms with van der Waals surface area (Å²) in [7, 11) is 1.87. The lowest BCUT2D eigenvalue weighted by atomic mass is 9.82. The van der Waals surface area contributed by atoms with E-state index in [9.17, 15) is 0 Å². The molecule has 1 nitrogen and oxygen atoms in total. The highest BCUT2D eigenvalue weighted by Crippen LogP contribution is 2.31. The minimum atomic E-state index is 0.573. The Morgan fingerprint density at radius 1 is 0.722 bits per heavy atom. The maximum Gasteiger partial charge on any atom is 0.0571 e. The van der Waals surface area contributed by atoms with E-state index in [-0.39, 0.29) is 0 Å². The molecule has 2 rings (SSSR count). The standard InChI is InChI=1S/C17H32O/c1-18-17-13-11-16(12-14-17)10-6-5-9-15-7-3-2-4-8-15/h15-17H,2-14H2,1H3. The lowest BCUT2D eigenvalue weighted by Gasteiger charge is -2.27. The van der Waals surface area contributed by atoms with Crippen LogP contribution in [0.15, 0.2) is 0 Å². The third kappa shape index (κ3) is 4.91. The Bertz CT molecular complexity index is 200. The highest BCUT2D eigenvalue weighted by atomic mass is 16.5. The van der Waals surface area contributed by atoms with Gasteiger partial charge in [0.15, 0.2) is 0 Å². The van der Waals surface area contributed by atoms with Gasteiger partial charge < -0.3 is 4.74 Å². The van der Waals surface area contributed by atoms with Crippen LogP contribution < -0.4 is 0 Å². The lowest BCUT2D eigenvalue weighted by molar-refractivity contribution is 0.0551. The molecule has 2 aliphatic rings. The quantitative estimate of drug-likeness (QED) is 0.580. The first kappa shape index (κ1) is 14.4. The fraction of sp³-hybridized carbons (Fsp3) is 1.00. The Morgan fingerprint density at radius 2 is 1.28 bits per heavy atom. The first-order valence-corrected chi connectivity index (χ1v) is 8.41. The summed E-state index contributed by atoms with van der Waals surface area (Å²) in [6.07, 6.45) is 19.6. The molecule has 0 aromatic heterocycles. The highest BCUT2D eigenvalue weighted by molar-refractivity contribution is 4.73. The van der Waals surface area contributed by atoms with Gasteiger partial charge in [-0.2, -0.15) is 0 Å². The Labute approximate surface area is 114 Å². The molecule has 18 heavy (non-hydrogen) atoms. The zero-order valence-corrected chi connectivity index (χ0v) is 12.3. The van der Waals surface area contributed by atoms with Gasteiger partial charge in [0.25, 0.3) is 0 Å². The summed E-state index contributed by atoms with van der Waals surface area (Å²) in [5.41, 5.74) is 0. The molecular formula is C17H32O. The Hall–Kier alpha value is -0.0400. The molecule has 0 aromatic carbocycles.